The van der Waals surface area contributed by atoms with Gasteiger partial charge in [-0.2, -0.15) is 5.10 Å². The number of H-pyrrole nitrogens is 1. The van der Waals surface area contributed by atoms with Crippen LogP contribution in [0.3, 0.4) is 0 Å². The van der Waals surface area contributed by atoms with E-state index in [1.807, 2.05) is 6.92 Å². The molecular formula is C18H21FN4O2S. The number of rotatable bonds is 3. The Labute approximate surface area is 151 Å². The maximum Gasteiger partial charge on any atom is 0.196 e. The van der Waals surface area contributed by atoms with Crippen LogP contribution in [0.15, 0.2) is 23.5 Å². The summed E-state index contributed by atoms with van der Waals surface area (Å²) in [4.78, 5) is 7.07. The SMILES string of the molecule is Cc1cc(F)c2[nH]c(S(=O)(=O)[C@@H]3CCC[C@@H]3C)cc2c1-c1ncn(C)n1. The minimum Gasteiger partial charge on any atom is -0.343 e. The van der Waals surface area contributed by atoms with Crippen LogP contribution in [0.25, 0.3) is 22.3 Å². The van der Waals surface area contributed by atoms with Gasteiger partial charge in [-0.15, -0.1) is 0 Å². The van der Waals surface area contributed by atoms with Gasteiger partial charge in [-0.25, -0.2) is 17.8 Å². The first-order valence-electron chi connectivity index (χ1n) is 8.70. The molecule has 1 N–H and O–H groups in total. The average molecular weight is 376 g/mol. The largest absolute Gasteiger partial charge is 0.343 e. The molecule has 0 bridgehead atoms. The third-order valence-corrected chi connectivity index (χ3v) is 7.68. The van der Waals surface area contributed by atoms with Crippen molar-refractivity contribution in [1.29, 1.82) is 0 Å². The van der Waals surface area contributed by atoms with E-state index in [4.69, 9.17) is 0 Å². The van der Waals surface area contributed by atoms with Gasteiger partial charge in [-0.05, 0) is 43.4 Å². The molecule has 0 aliphatic heterocycles. The molecule has 6 nitrogen and oxygen atoms in total. The molecule has 1 fully saturated rings. The lowest BCUT2D eigenvalue weighted by Crippen LogP contribution is -2.24. The highest BCUT2D eigenvalue weighted by molar-refractivity contribution is 7.92. The van der Waals surface area contributed by atoms with Gasteiger partial charge in [0.1, 0.15) is 17.2 Å². The minimum absolute atomic E-state index is 0.0768. The zero-order valence-electron chi connectivity index (χ0n) is 15.0. The van der Waals surface area contributed by atoms with Crippen LogP contribution in [0.5, 0.6) is 0 Å². The molecule has 1 aromatic carbocycles. The number of nitrogens with one attached hydrogen (secondary N) is 1. The summed E-state index contributed by atoms with van der Waals surface area (Å²) >= 11 is 0. The van der Waals surface area contributed by atoms with E-state index in [0.717, 1.165) is 12.8 Å². The predicted molar refractivity (Wildman–Crippen MR) is 97.0 cm³/mol. The lowest BCUT2D eigenvalue weighted by molar-refractivity contribution is 0.542. The zero-order valence-corrected chi connectivity index (χ0v) is 15.8. The molecule has 8 heteroatoms. The number of hydrogen-bond donors (Lipinski definition) is 1. The van der Waals surface area contributed by atoms with Crippen molar-refractivity contribution in [3.8, 4) is 11.4 Å². The smallest absolute Gasteiger partial charge is 0.196 e. The molecular weight excluding hydrogens is 355 g/mol. The van der Waals surface area contributed by atoms with Gasteiger partial charge in [-0.1, -0.05) is 13.3 Å². The normalized spacial score (nSPS) is 20.9. The van der Waals surface area contributed by atoms with Gasteiger partial charge in [0.25, 0.3) is 0 Å². The van der Waals surface area contributed by atoms with Crippen molar-refractivity contribution in [2.75, 3.05) is 0 Å². The molecule has 0 amide bonds. The molecule has 1 saturated carbocycles. The Bertz CT molecular complexity index is 1100. The van der Waals surface area contributed by atoms with Crippen LogP contribution in [0.4, 0.5) is 4.39 Å². The van der Waals surface area contributed by atoms with Gasteiger partial charge in [0.05, 0.1) is 10.8 Å². The topological polar surface area (TPSA) is 80.6 Å². The summed E-state index contributed by atoms with van der Waals surface area (Å²) in [7, 11) is -1.79. The highest BCUT2D eigenvalue weighted by atomic mass is 32.2. The van der Waals surface area contributed by atoms with E-state index in [1.165, 1.54) is 12.1 Å². The average Bonchev–Trinajstić information content (AvgIpc) is 3.27. The molecule has 0 radical (unpaired) electrons. The van der Waals surface area contributed by atoms with Crippen molar-refractivity contribution in [3.05, 3.63) is 29.8 Å². The van der Waals surface area contributed by atoms with Gasteiger partial charge in [-0.3, -0.25) is 4.68 Å². The second-order valence-electron chi connectivity index (χ2n) is 7.21. The van der Waals surface area contributed by atoms with E-state index in [9.17, 15) is 12.8 Å². The van der Waals surface area contributed by atoms with E-state index in [-0.39, 0.29) is 16.5 Å². The number of benzene rings is 1. The van der Waals surface area contributed by atoms with Crippen molar-refractivity contribution < 1.29 is 12.8 Å². The second kappa shape index (κ2) is 5.90. The number of aryl methyl sites for hydroxylation is 2. The molecule has 2 aromatic heterocycles. The van der Waals surface area contributed by atoms with Crippen molar-refractivity contribution in [1.82, 2.24) is 19.7 Å². The third-order valence-electron chi connectivity index (χ3n) is 5.35. The lowest BCUT2D eigenvalue weighted by atomic mass is 10.0. The number of halogens is 1. The number of aromatic amines is 1. The Hall–Kier alpha value is -2.22. The third kappa shape index (κ3) is 2.55. The number of hydrogen-bond acceptors (Lipinski definition) is 4. The van der Waals surface area contributed by atoms with Crippen LogP contribution in [-0.2, 0) is 16.9 Å². The van der Waals surface area contributed by atoms with Crippen LogP contribution < -0.4 is 0 Å². The summed E-state index contributed by atoms with van der Waals surface area (Å²) in [6.07, 6.45) is 4.02. The summed E-state index contributed by atoms with van der Waals surface area (Å²) in [5, 5.41) is 4.46. The van der Waals surface area contributed by atoms with Gasteiger partial charge < -0.3 is 4.98 Å². The van der Waals surface area contributed by atoms with E-state index in [0.29, 0.717) is 28.8 Å². The summed E-state index contributed by atoms with van der Waals surface area (Å²) in [6.45, 7) is 3.74. The van der Waals surface area contributed by atoms with Crippen LogP contribution in [0, 0.1) is 18.7 Å². The molecule has 26 heavy (non-hydrogen) atoms. The van der Waals surface area contributed by atoms with Crippen LogP contribution in [0.1, 0.15) is 31.7 Å². The summed E-state index contributed by atoms with van der Waals surface area (Å²) in [5.41, 5.74) is 1.50. The van der Waals surface area contributed by atoms with Gasteiger partial charge in [0.15, 0.2) is 15.7 Å². The molecule has 0 spiro atoms. The molecule has 3 aromatic rings. The molecule has 138 valence electrons. The molecule has 1 aliphatic carbocycles. The molecule has 0 saturated heterocycles. The Morgan fingerprint density at radius 3 is 2.69 bits per heavy atom. The lowest BCUT2D eigenvalue weighted by Gasteiger charge is -2.14. The monoisotopic (exact) mass is 376 g/mol. The minimum atomic E-state index is -3.54. The molecule has 4 rings (SSSR count). The van der Waals surface area contributed by atoms with E-state index < -0.39 is 20.9 Å². The summed E-state index contributed by atoms with van der Waals surface area (Å²) in [5.74, 6) is 0.0835. The van der Waals surface area contributed by atoms with E-state index >= 15 is 0 Å². The van der Waals surface area contributed by atoms with Crippen molar-refractivity contribution in [2.45, 2.75) is 43.4 Å². The Kier molecular flexibility index (Phi) is 3.91. The van der Waals surface area contributed by atoms with Crippen molar-refractivity contribution in [3.63, 3.8) is 0 Å². The first kappa shape index (κ1) is 17.2. The standard InChI is InChI=1S/C18H21FN4O2S/c1-10-5-4-6-14(10)26(24,25)15-8-12-16(18-20-9-23(3)22-18)11(2)7-13(19)17(12)21-15/h7-10,14,21H,4-6H2,1-3H3/t10-,14+/m0/s1. The Balaban J connectivity index is 1.94. The number of nitrogens with zero attached hydrogens (tertiary/aromatic N) is 3. The first-order valence-corrected chi connectivity index (χ1v) is 10.3. The Morgan fingerprint density at radius 1 is 1.31 bits per heavy atom. The van der Waals surface area contributed by atoms with Crippen LogP contribution in [0.2, 0.25) is 0 Å². The predicted octanol–water partition coefficient (Wildman–Crippen LogP) is 3.37. The first-order chi connectivity index (χ1) is 12.3. The fraction of sp³-hybridized carbons (Fsp3) is 0.444. The van der Waals surface area contributed by atoms with Gasteiger partial charge >= 0.3 is 0 Å². The maximum absolute atomic E-state index is 14.5. The van der Waals surface area contributed by atoms with Gasteiger partial charge in [0.2, 0.25) is 0 Å². The molecule has 2 atom stereocenters. The van der Waals surface area contributed by atoms with Crippen LogP contribution in [-0.4, -0.2) is 33.4 Å². The van der Waals surface area contributed by atoms with Crippen LogP contribution >= 0.6 is 0 Å². The highest BCUT2D eigenvalue weighted by Gasteiger charge is 2.37. The van der Waals surface area contributed by atoms with Crippen molar-refractivity contribution >= 4 is 20.7 Å². The molecule has 2 heterocycles. The number of aromatic nitrogens is 4. The van der Waals surface area contributed by atoms with Crippen molar-refractivity contribution in [2.24, 2.45) is 13.0 Å². The summed E-state index contributed by atoms with van der Waals surface area (Å²) in [6, 6.07) is 2.93. The quantitative estimate of drug-likeness (QED) is 0.760. The van der Waals surface area contributed by atoms with E-state index in [1.54, 1.807) is 25.0 Å². The second-order valence-corrected chi connectivity index (χ2v) is 9.34. The number of fused-ring (bicyclic) bond motifs is 1. The zero-order chi connectivity index (χ0) is 18.6. The molecule has 1 aliphatic rings. The highest BCUT2D eigenvalue weighted by Crippen LogP contribution is 2.37. The molecule has 0 unspecified atom stereocenters. The Morgan fingerprint density at radius 2 is 2.08 bits per heavy atom. The van der Waals surface area contributed by atoms with E-state index in [2.05, 4.69) is 15.1 Å². The fourth-order valence-corrected chi connectivity index (χ4v) is 6.08. The maximum atomic E-state index is 14.5. The number of sulfone groups is 1. The fourth-order valence-electron chi connectivity index (χ4n) is 4.00. The summed E-state index contributed by atoms with van der Waals surface area (Å²) < 4.78 is 42.2. The van der Waals surface area contributed by atoms with Gasteiger partial charge in [0, 0.05) is 18.0 Å².